The van der Waals surface area contributed by atoms with Gasteiger partial charge in [-0.2, -0.15) is 5.10 Å². The van der Waals surface area contributed by atoms with E-state index in [1.807, 2.05) is 6.07 Å². The summed E-state index contributed by atoms with van der Waals surface area (Å²) in [6.45, 7) is 6.52. The summed E-state index contributed by atoms with van der Waals surface area (Å²) in [6, 6.07) is 13.2. The van der Waals surface area contributed by atoms with Gasteiger partial charge in [-0.15, -0.1) is 0 Å². The van der Waals surface area contributed by atoms with Crippen LogP contribution in [0.25, 0.3) is 5.57 Å². The van der Waals surface area contributed by atoms with Crippen molar-refractivity contribution in [2.75, 3.05) is 19.1 Å². The second kappa shape index (κ2) is 7.27. The molecule has 140 valence electrons. The smallest absolute Gasteiger partial charge is 0.271 e. The summed E-state index contributed by atoms with van der Waals surface area (Å²) in [5.74, 6) is 0.358. The molecule has 5 nitrogen and oxygen atoms in total. The van der Waals surface area contributed by atoms with E-state index in [0.29, 0.717) is 11.3 Å². The Bertz CT molecular complexity index is 929. The van der Waals surface area contributed by atoms with Crippen molar-refractivity contribution in [1.29, 1.82) is 0 Å². The molecule has 0 fully saturated rings. The van der Waals surface area contributed by atoms with Gasteiger partial charge in [-0.25, -0.2) is 5.43 Å². The fraction of sp³-hybridized carbons (Fsp3) is 0.273. The average molecular weight is 363 g/mol. The fourth-order valence-electron chi connectivity index (χ4n) is 3.25. The summed E-state index contributed by atoms with van der Waals surface area (Å²) in [5, 5.41) is 4.10. The number of ether oxygens (including phenoxy) is 1. The molecular formula is C22H25N3O2. The van der Waals surface area contributed by atoms with E-state index >= 15 is 0 Å². The van der Waals surface area contributed by atoms with Crippen LogP contribution in [0.5, 0.6) is 5.75 Å². The second-order valence-electron chi connectivity index (χ2n) is 7.25. The molecule has 1 aliphatic heterocycles. The molecule has 0 spiro atoms. The molecule has 0 saturated heterocycles. The predicted octanol–water partition coefficient (Wildman–Crippen LogP) is 4.09. The first kappa shape index (κ1) is 18.7. The van der Waals surface area contributed by atoms with Crippen molar-refractivity contribution in [3.05, 3.63) is 65.2 Å². The van der Waals surface area contributed by atoms with E-state index in [4.69, 9.17) is 4.74 Å². The van der Waals surface area contributed by atoms with Crippen molar-refractivity contribution in [3.8, 4) is 5.75 Å². The van der Waals surface area contributed by atoms with Crippen LogP contribution in [0.4, 0.5) is 5.69 Å². The Morgan fingerprint density at radius 2 is 2.00 bits per heavy atom. The number of carbonyl (C=O) groups is 1. The summed E-state index contributed by atoms with van der Waals surface area (Å²) in [7, 11) is 3.67. The summed E-state index contributed by atoms with van der Waals surface area (Å²) >= 11 is 0. The molecule has 2 aromatic carbocycles. The number of carbonyl (C=O) groups excluding carboxylic acids is 1. The zero-order chi connectivity index (χ0) is 19.6. The third-order valence-electron chi connectivity index (χ3n) is 4.95. The van der Waals surface area contributed by atoms with Crippen LogP contribution in [-0.2, 0) is 0 Å². The summed E-state index contributed by atoms with van der Waals surface area (Å²) < 4.78 is 5.14. The molecule has 2 aromatic rings. The van der Waals surface area contributed by atoms with Crippen LogP contribution in [0.15, 0.2) is 53.6 Å². The topological polar surface area (TPSA) is 53.9 Å². The maximum atomic E-state index is 12.2. The first-order valence-electron chi connectivity index (χ1n) is 8.87. The molecule has 0 atom stereocenters. The highest BCUT2D eigenvalue weighted by Crippen LogP contribution is 2.37. The van der Waals surface area contributed by atoms with Crippen molar-refractivity contribution in [2.24, 2.45) is 5.10 Å². The molecule has 1 aliphatic rings. The SMILES string of the molecule is COc1cccc(C(=O)N/N=C\c2ccc3c(c2)C(C)=CC(C)(C)N3C)c1. The van der Waals surface area contributed by atoms with Crippen LogP contribution in [0, 0.1) is 0 Å². The lowest BCUT2D eigenvalue weighted by atomic mass is 9.89. The third-order valence-corrected chi connectivity index (χ3v) is 4.95. The van der Waals surface area contributed by atoms with E-state index in [1.165, 1.54) is 16.8 Å². The van der Waals surface area contributed by atoms with Gasteiger partial charge in [0, 0.05) is 23.9 Å². The Morgan fingerprint density at radius 1 is 1.22 bits per heavy atom. The van der Waals surface area contributed by atoms with Crippen molar-refractivity contribution >= 4 is 23.4 Å². The molecule has 1 amide bonds. The standard InChI is InChI=1S/C22H25N3O2/c1-15-13-22(2,3)25(4)20-10-9-16(11-19(15)20)14-23-24-21(26)17-7-6-8-18(12-17)27-5/h6-14H,1-5H3,(H,24,26)/b23-14-. The Kier molecular flexibility index (Phi) is 5.04. The lowest BCUT2D eigenvalue weighted by Gasteiger charge is -2.40. The van der Waals surface area contributed by atoms with Crippen molar-refractivity contribution < 1.29 is 9.53 Å². The van der Waals surface area contributed by atoms with Crippen molar-refractivity contribution in [1.82, 2.24) is 5.43 Å². The number of nitrogens with one attached hydrogen (secondary N) is 1. The monoisotopic (exact) mass is 363 g/mol. The molecule has 0 radical (unpaired) electrons. The summed E-state index contributed by atoms with van der Waals surface area (Å²) in [5.41, 5.74) is 7.59. The van der Waals surface area contributed by atoms with Crippen LogP contribution in [0.3, 0.4) is 0 Å². The molecule has 0 bridgehead atoms. The minimum atomic E-state index is -0.277. The highest BCUT2D eigenvalue weighted by Gasteiger charge is 2.28. The number of benzene rings is 2. The number of methoxy groups -OCH3 is 1. The molecule has 3 rings (SSSR count). The first-order valence-corrected chi connectivity index (χ1v) is 8.87. The van der Waals surface area contributed by atoms with Crippen molar-refractivity contribution in [3.63, 3.8) is 0 Å². The number of rotatable bonds is 4. The molecule has 1 heterocycles. The van der Waals surface area contributed by atoms with Crippen LogP contribution in [-0.4, -0.2) is 31.8 Å². The maximum Gasteiger partial charge on any atom is 0.271 e. The number of allylic oxidation sites excluding steroid dienone is 1. The van der Waals surface area contributed by atoms with E-state index in [1.54, 1.807) is 37.6 Å². The van der Waals surface area contributed by atoms with Gasteiger partial charge in [-0.1, -0.05) is 18.2 Å². The molecule has 1 N–H and O–H groups in total. The number of hydrogen-bond acceptors (Lipinski definition) is 4. The van der Waals surface area contributed by atoms with Gasteiger partial charge in [0.25, 0.3) is 5.91 Å². The maximum absolute atomic E-state index is 12.2. The first-order chi connectivity index (χ1) is 12.8. The number of fused-ring (bicyclic) bond motifs is 1. The van der Waals surface area contributed by atoms with E-state index in [-0.39, 0.29) is 11.4 Å². The van der Waals surface area contributed by atoms with Gasteiger partial charge in [0.1, 0.15) is 5.75 Å². The Hall–Kier alpha value is -3.08. The third kappa shape index (κ3) is 3.87. The predicted molar refractivity (Wildman–Crippen MR) is 111 cm³/mol. The van der Waals surface area contributed by atoms with E-state index < -0.39 is 0 Å². The average Bonchev–Trinajstić information content (AvgIpc) is 2.66. The van der Waals surface area contributed by atoms with Gasteiger partial charge in [-0.3, -0.25) is 4.79 Å². The lowest BCUT2D eigenvalue weighted by Crippen LogP contribution is -2.42. The number of hydrazone groups is 1. The summed E-state index contributed by atoms with van der Waals surface area (Å²) in [4.78, 5) is 14.5. The zero-order valence-corrected chi connectivity index (χ0v) is 16.4. The number of hydrogen-bond donors (Lipinski definition) is 1. The quantitative estimate of drug-likeness (QED) is 0.657. The Morgan fingerprint density at radius 3 is 2.74 bits per heavy atom. The number of likely N-dealkylation sites (N-methyl/N-ethyl adjacent to an activating group) is 1. The normalized spacial score (nSPS) is 15.3. The molecule has 5 heteroatoms. The molecule has 27 heavy (non-hydrogen) atoms. The van der Waals surface area contributed by atoms with Crippen LogP contribution >= 0.6 is 0 Å². The lowest BCUT2D eigenvalue weighted by molar-refractivity contribution is 0.0955. The van der Waals surface area contributed by atoms with Gasteiger partial charge in [0.05, 0.1) is 18.9 Å². The minimum absolute atomic E-state index is 0.0165. The van der Waals surface area contributed by atoms with Gasteiger partial charge in [0.15, 0.2) is 0 Å². The molecule has 0 unspecified atom stereocenters. The van der Waals surface area contributed by atoms with Gasteiger partial charge >= 0.3 is 0 Å². The fourth-order valence-corrected chi connectivity index (χ4v) is 3.25. The number of nitrogens with zero attached hydrogens (tertiary/aromatic N) is 2. The minimum Gasteiger partial charge on any atom is -0.497 e. The van der Waals surface area contributed by atoms with Gasteiger partial charge in [0.2, 0.25) is 0 Å². The Balaban J connectivity index is 1.75. The second-order valence-corrected chi connectivity index (χ2v) is 7.25. The molecular weight excluding hydrogens is 338 g/mol. The molecule has 0 saturated carbocycles. The Labute approximate surface area is 160 Å². The van der Waals surface area contributed by atoms with Crippen molar-refractivity contribution in [2.45, 2.75) is 26.3 Å². The van der Waals surface area contributed by atoms with E-state index in [2.05, 4.69) is 61.5 Å². The van der Waals surface area contributed by atoms with E-state index in [0.717, 1.165) is 5.56 Å². The number of anilines is 1. The molecule has 0 aromatic heterocycles. The number of amides is 1. The van der Waals surface area contributed by atoms with Crippen LogP contribution < -0.4 is 15.1 Å². The highest BCUT2D eigenvalue weighted by molar-refractivity contribution is 5.95. The summed E-state index contributed by atoms with van der Waals surface area (Å²) in [6.07, 6.45) is 3.92. The molecule has 0 aliphatic carbocycles. The van der Waals surface area contributed by atoms with Crippen LogP contribution in [0.2, 0.25) is 0 Å². The largest absolute Gasteiger partial charge is 0.497 e. The van der Waals surface area contributed by atoms with Gasteiger partial charge in [-0.05, 0) is 62.2 Å². The zero-order valence-electron chi connectivity index (χ0n) is 16.4. The highest BCUT2D eigenvalue weighted by atomic mass is 16.5. The van der Waals surface area contributed by atoms with Gasteiger partial charge < -0.3 is 9.64 Å². The van der Waals surface area contributed by atoms with E-state index in [9.17, 15) is 4.79 Å². The van der Waals surface area contributed by atoms with Crippen LogP contribution in [0.1, 0.15) is 42.3 Å².